The van der Waals surface area contributed by atoms with Crippen LogP contribution in [0.2, 0.25) is 0 Å². The largest absolute Gasteiger partial charge is 0.379 e. The number of nitrogens with one attached hydrogen (secondary N) is 1. The Balaban J connectivity index is 1.48. The number of aromatic nitrogens is 2. The fraction of sp³-hybridized carbons (Fsp3) is 0.600. The molecule has 1 saturated carbocycles. The topological polar surface area (TPSA) is 45.6 Å². The van der Waals surface area contributed by atoms with Crippen LogP contribution >= 0.6 is 12.2 Å². The monoisotopic (exact) mass is 453 g/mol. The first-order valence-corrected chi connectivity index (χ1v) is 12.5. The van der Waals surface area contributed by atoms with Crippen molar-refractivity contribution >= 4 is 17.3 Å². The first-order valence-electron chi connectivity index (χ1n) is 12.1. The van der Waals surface area contributed by atoms with Gasteiger partial charge in [-0.15, -0.1) is 0 Å². The molecule has 3 aliphatic rings. The van der Waals surface area contributed by atoms with Crippen LogP contribution < -0.4 is 5.32 Å². The highest BCUT2D eigenvalue weighted by molar-refractivity contribution is 7.80. The van der Waals surface area contributed by atoms with Gasteiger partial charge in [0.05, 0.1) is 31.0 Å². The van der Waals surface area contributed by atoms with E-state index in [-0.39, 0.29) is 12.1 Å². The summed E-state index contributed by atoms with van der Waals surface area (Å²) >= 11 is 5.89. The zero-order valence-corrected chi connectivity index (χ0v) is 20.1. The van der Waals surface area contributed by atoms with Gasteiger partial charge in [-0.25, -0.2) is 0 Å². The molecule has 1 aliphatic carbocycles. The lowest BCUT2D eigenvalue weighted by molar-refractivity contribution is 0.0350. The Labute approximate surface area is 196 Å². The van der Waals surface area contributed by atoms with Crippen LogP contribution in [0.25, 0.3) is 0 Å². The average Bonchev–Trinajstić information content (AvgIpc) is 3.52. The SMILES string of the molecule is Cc1cc([C@@H]2[C@H](c3ccccn3)NC(=S)N2CCN2CCOCC2)c(C)n1C1CCCC1. The molecule has 2 saturated heterocycles. The van der Waals surface area contributed by atoms with Crippen LogP contribution in [0, 0.1) is 13.8 Å². The Morgan fingerprint density at radius 1 is 1.12 bits per heavy atom. The molecule has 3 fully saturated rings. The lowest BCUT2D eigenvalue weighted by Gasteiger charge is -2.32. The van der Waals surface area contributed by atoms with Crippen molar-refractivity contribution in [3.63, 3.8) is 0 Å². The number of hydrogen-bond donors (Lipinski definition) is 1. The zero-order chi connectivity index (χ0) is 22.1. The van der Waals surface area contributed by atoms with Gasteiger partial charge in [0.15, 0.2) is 5.11 Å². The standard InChI is InChI=1S/C25H35N5OS/c1-18-17-21(19(2)30(18)20-7-3-4-8-20)24-23(22-9-5-6-10-26-22)27-25(32)29(24)12-11-28-13-15-31-16-14-28/h5-6,9-10,17,20,23-24H,3-4,7-8,11-16H2,1-2H3,(H,27,32)/t23-,24+/m0/s1. The van der Waals surface area contributed by atoms with E-state index in [9.17, 15) is 0 Å². The molecule has 32 heavy (non-hydrogen) atoms. The summed E-state index contributed by atoms with van der Waals surface area (Å²) in [7, 11) is 0. The molecule has 2 aromatic heterocycles. The van der Waals surface area contributed by atoms with Crippen molar-refractivity contribution < 1.29 is 4.74 Å². The highest BCUT2D eigenvalue weighted by Gasteiger charge is 2.41. The van der Waals surface area contributed by atoms with Gasteiger partial charge in [-0.05, 0) is 62.7 Å². The zero-order valence-electron chi connectivity index (χ0n) is 19.3. The van der Waals surface area contributed by atoms with Crippen LogP contribution in [0.5, 0.6) is 0 Å². The molecule has 172 valence electrons. The van der Waals surface area contributed by atoms with Crippen LogP contribution in [0.3, 0.4) is 0 Å². The Kier molecular flexibility index (Phi) is 6.49. The van der Waals surface area contributed by atoms with Crippen molar-refractivity contribution in [3.8, 4) is 0 Å². The molecule has 0 radical (unpaired) electrons. The third-order valence-corrected chi connectivity index (χ3v) is 7.84. The summed E-state index contributed by atoms with van der Waals surface area (Å²) in [6, 6.07) is 9.43. The van der Waals surface area contributed by atoms with Gasteiger partial charge in [0, 0.05) is 49.8 Å². The molecule has 0 aromatic carbocycles. The molecule has 6 nitrogen and oxygen atoms in total. The maximum absolute atomic E-state index is 5.89. The van der Waals surface area contributed by atoms with E-state index in [4.69, 9.17) is 21.9 Å². The van der Waals surface area contributed by atoms with E-state index in [1.165, 1.54) is 42.6 Å². The minimum absolute atomic E-state index is 0.0610. The maximum Gasteiger partial charge on any atom is 0.170 e. The first-order chi connectivity index (χ1) is 15.6. The number of aryl methyl sites for hydroxylation is 1. The Morgan fingerprint density at radius 3 is 2.62 bits per heavy atom. The molecule has 0 bridgehead atoms. The molecule has 0 spiro atoms. The molecule has 1 N–H and O–H groups in total. The molecule has 7 heteroatoms. The van der Waals surface area contributed by atoms with Gasteiger partial charge < -0.3 is 19.5 Å². The minimum atomic E-state index is 0.0610. The highest BCUT2D eigenvalue weighted by Crippen LogP contribution is 2.42. The molecule has 2 aromatic rings. The molecule has 0 unspecified atom stereocenters. The normalized spacial score (nSPS) is 24.9. The number of morpholine rings is 1. The van der Waals surface area contributed by atoms with Gasteiger partial charge in [0.25, 0.3) is 0 Å². The van der Waals surface area contributed by atoms with Crippen LogP contribution in [0.1, 0.15) is 66.5 Å². The van der Waals surface area contributed by atoms with Gasteiger partial charge in [-0.3, -0.25) is 9.88 Å². The van der Waals surface area contributed by atoms with Crippen molar-refractivity contribution in [2.75, 3.05) is 39.4 Å². The van der Waals surface area contributed by atoms with Crippen molar-refractivity contribution in [1.29, 1.82) is 0 Å². The Bertz CT molecular complexity index is 933. The first kappa shape index (κ1) is 21.9. The molecule has 2 atom stereocenters. The minimum Gasteiger partial charge on any atom is -0.379 e. The Morgan fingerprint density at radius 2 is 1.91 bits per heavy atom. The van der Waals surface area contributed by atoms with Crippen LogP contribution in [-0.4, -0.2) is 63.9 Å². The summed E-state index contributed by atoms with van der Waals surface area (Å²) in [6.07, 6.45) is 7.15. The molecule has 0 amide bonds. The van der Waals surface area contributed by atoms with Gasteiger partial charge in [-0.2, -0.15) is 0 Å². The van der Waals surface area contributed by atoms with Crippen LogP contribution in [0.4, 0.5) is 0 Å². The van der Waals surface area contributed by atoms with Crippen molar-refractivity contribution in [2.45, 2.75) is 57.7 Å². The molecular weight excluding hydrogens is 418 g/mol. The number of rotatable bonds is 6. The number of hydrogen-bond acceptors (Lipinski definition) is 4. The quantitative estimate of drug-likeness (QED) is 0.669. The van der Waals surface area contributed by atoms with Gasteiger partial charge >= 0.3 is 0 Å². The number of pyridine rings is 1. The van der Waals surface area contributed by atoms with Gasteiger partial charge in [0.2, 0.25) is 0 Å². The van der Waals surface area contributed by atoms with Gasteiger partial charge in [0.1, 0.15) is 0 Å². The summed E-state index contributed by atoms with van der Waals surface area (Å²) in [5.74, 6) is 0. The third-order valence-electron chi connectivity index (χ3n) is 7.49. The summed E-state index contributed by atoms with van der Waals surface area (Å²) in [4.78, 5) is 9.60. The van der Waals surface area contributed by atoms with Crippen molar-refractivity contribution in [3.05, 3.63) is 53.1 Å². The van der Waals surface area contributed by atoms with Crippen molar-refractivity contribution in [1.82, 2.24) is 24.7 Å². The molecule has 5 rings (SSSR count). The highest BCUT2D eigenvalue weighted by atomic mass is 32.1. The maximum atomic E-state index is 5.89. The van der Waals surface area contributed by atoms with E-state index >= 15 is 0 Å². The fourth-order valence-electron chi connectivity index (χ4n) is 5.89. The third kappa shape index (κ3) is 4.18. The van der Waals surface area contributed by atoms with E-state index in [0.29, 0.717) is 6.04 Å². The summed E-state index contributed by atoms with van der Waals surface area (Å²) in [5, 5.41) is 4.46. The van der Waals surface area contributed by atoms with Crippen molar-refractivity contribution in [2.24, 2.45) is 0 Å². The van der Waals surface area contributed by atoms with Crippen LogP contribution in [-0.2, 0) is 4.74 Å². The second-order valence-electron chi connectivity index (χ2n) is 9.41. The second-order valence-corrected chi connectivity index (χ2v) is 9.80. The molecule has 4 heterocycles. The van der Waals surface area contributed by atoms with E-state index in [1.807, 2.05) is 12.3 Å². The Hall–Kier alpha value is -1.96. The lowest BCUT2D eigenvalue weighted by atomic mass is 9.96. The summed E-state index contributed by atoms with van der Waals surface area (Å²) in [5.41, 5.74) is 5.21. The average molecular weight is 454 g/mol. The van der Waals surface area contributed by atoms with E-state index in [0.717, 1.165) is 50.2 Å². The predicted octanol–water partition coefficient (Wildman–Crippen LogP) is 3.92. The molecule has 2 aliphatic heterocycles. The smallest absolute Gasteiger partial charge is 0.170 e. The van der Waals surface area contributed by atoms with E-state index in [2.05, 4.69) is 51.7 Å². The number of nitrogens with zero attached hydrogens (tertiary/aromatic N) is 4. The summed E-state index contributed by atoms with van der Waals surface area (Å²) in [6.45, 7) is 10.1. The number of ether oxygens (including phenoxy) is 1. The lowest BCUT2D eigenvalue weighted by Crippen LogP contribution is -2.42. The van der Waals surface area contributed by atoms with E-state index in [1.54, 1.807) is 0 Å². The van der Waals surface area contributed by atoms with E-state index < -0.39 is 0 Å². The predicted molar refractivity (Wildman–Crippen MR) is 131 cm³/mol. The molecular formula is C25H35N5OS. The van der Waals surface area contributed by atoms with Gasteiger partial charge in [-0.1, -0.05) is 18.9 Å². The fourth-order valence-corrected chi connectivity index (χ4v) is 6.22. The second kappa shape index (κ2) is 9.49. The number of thiocarbonyl (C=S) groups is 1. The van der Waals surface area contributed by atoms with Crippen LogP contribution in [0.15, 0.2) is 30.5 Å². The summed E-state index contributed by atoms with van der Waals surface area (Å²) < 4.78 is 8.13.